The molecule has 1 aromatic carbocycles. The van der Waals surface area contributed by atoms with Crippen LogP contribution in [0.4, 0.5) is 0 Å². The molecule has 2 rings (SSSR count). The number of aliphatic carboxylic acids is 1. The van der Waals surface area contributed by atoms with Crippen molar-refractivity contribution < 1.29 is 24.2 Å². The molecule has 90 valence electrons. The van der Waals surface area contributed by atoms with E-state index in [1.807, 2.05) is 0 Å². The molecule has 6 nitrogen and oxygen atoms in total. The van der Waals surface area contributed by atoms with E-state index >= 15 is 0 Å². The number of carbonyl (C=O) groups excluding carboxylic acids is 1. The summed E-state index contributed by atoms with van der Waals surface area (Å²) in [5.41, 5.74) is 0.223. The molecule has 0 saturated carbocycles. The number of carboxylic acid groups (broad SMARTS) is 1. The lowest BCUT2D eigenvalue weighted by atomic mass is 10.2. The maximum Gasteiger partial charge on any atom is 0.322 e. The van der Waals surface area contributed by atoms with E-state index in [2.05, 4.69) is 5.32 Å². The van der Waals surface area contributed by atoms with Crippen molar-refractivity contribution in [1.82, 2.24) is 5.32 Å². The van der Waals surface area contributed by atoms with Crippen LogP contribution in [0, 0.1) is 0 Å². The normalized spacial score (nSPS) is 12.3. The van der Waals surface area contributed by atoms with Crippen molar-refractivity contribution in [2.24, 2.45) is 0 Å². The van der Waals surface area contributed by atoms with Crippen LogP contribution in [0.5, 0.6) is 11.5 Å². The Bertz CT molecular complexity index is 488. The minimum Gasteiger partial charge on any atom is -0.480 e. The molecule has 0 atom stereocenters. The van der Waals surface area contributed by atoms with Crippen molar-refractivity contribution in [2.75, 3.05) is 13.3 Å². The van der Waals surface area contributed by atoms with Crippen LogP contribution in [0.25, 0.3) is 0 Å². The quantitative estimate of drug-likeness (QED) is 0.840. The number of amides is 1. The summed E-state index contributed by atoms with van der Waals surface area (Å²) >= 11 is 5.88. The monoisotopic (exact) mass is 257 g/mol. The molecule has 0 unspecified atom stereocenters. The first-order valence-corrected chi connectivity index (χ1v) is 5.05. The predicted molar refractivity (Wildman–Crippen MR) is 57.5 cm³/mol. The van der Waals surface area contributed by atoms with Crippen LogP contribution in [0.1, 0.15) is 10.4 Å². The maximum absolute atomic E-state index is 11.6. The Hall–Kier alpha value is -1.95. The van der Waals surface area contributed by atoms with Gasteiger partial charge in [0.2, 0.25) is 6.79 Å². The van der Waals surface area contributed by atoms with Crippen molar-refractivity contribution in [3.05, 3.63) is 22.7 Å². The van der Waals surface area contributed by atoms with E-state index in [1.165, 1.54) is 12.1 Å². The fourth-order valence-electron chi connectivity index (χ4n) is 1.36. The molecule has 7 heteroatoms. The Balaban J connectivity index is 2.19. The number of benzene rings is 1. The smallest absolute Gasteiger partial charge is 0.322 e. The highest BCUT2D eigenvalue weighted by Gasteiger charge is 2.20. The van der Waals surface area contributed by atoms with E-state index in [0.717, 1.165) is 0 Å². The van der Waals surface area contributed by atoms with Gasteiger partial charge in [-0.3, -0.25) is 9.59 Å². The number of ether oxygens (including phenoxy) is 2. The third-order valence-electron chi connectivity index (χ3n) is 2.09. The van der Waals surface area contributed by atoms with Crippen molar-refractivity contribution in [1.29, 1.82) is 0 Å². The Morgan fingerprint density at radius 2 is 2.18 bits per heavy atom. The zero-order chi connectivity index (χ0) is 12.4. The van der Waals surface area contributed by atoms with E-state index in [0.29, 0.717) is 11.5 Å². The lowest BCUT2D eigenvalue weighted by Crippen LogP contribution is -2.29. The van der Waals surface area contributed by atoms with E-state index in [4.69, 9.17) is 26.2 Å². The molecule has 1 aliphatic rings. The average molecular weight is 258 g/mol. The number of fused-ring (bicyclic) bond motifs is 1. The number of carboxylic acids is 1. The lowest BCUT2D eigenvalue weighted by molar-refractivity contribution is -0.135. The number of halogens is 1. The van der Waals surface area contributed by atoms with Gasteiger partial charge in [0.15, 0.2) is 11.5 Å². The molecular weight excluding hydrogens is 250 g/mol. The van der Waals surface area contributed by atoms with Crippen LogP contribution in [-0.4, -0.2) is 30.3 Å². The SMILES string of the molecule is O=C(O)CNC(=O)c1cc(Cl)c2c(c1)OCO2. The molecule has 0 spiro atoms. The van der Waals surface area contributed by atoms with Crippen LogP contribution in [0.15, 0.2) is 12.1 Å². The van der Waals surface area contributed by atoms with Gasteiger partial charge in [0, 0.05) is 5.56 Å². The van der Waals surface area contributed by atoms with Crippen molar-refractivity contribution in [3.8, 4) is 11.5 Å². The zero-order valence-electron chi connectivity index (χ0n) is 8.53. The standard InChI is InChI=1S/C10H8ClNO5/c11-6-1-5(10(15)12-3-8(13)14)2-7-9(6)17-4-16-7/h1-2H,3-4H2,(H,12,15)(H,13,14). The topological polar surface area (TPSA) is 84.9 Å². The minimum absolute atomic E-state index is 0.0508. The number of hydrogen-bond acceptors (Lipinski definition) is 4. The predicted octanol–water partition coefficient (Wildman–Crippen LogP) is 0.883. The highest BCUT2D eigenvalue weighted by Crippen LogP contribution is 2.39. The Morgan fingerprint density at radius 3 is 2.88 bits per heavy atom. The summed E-state index contributed by atoms with van der Waals surface area (Å²) in [7, 11) is 0. The molecule has 0 aliphatic carbocycles. The molecule has 0 aromatic heterocycles. The molecule has 0 fully saturated rings. The first-order chi connectivity index (χ1) is 8.08. The van der Waals surface area contributed by atoms with E-state index < -0.39 is 18.4 Å². The molecular formula is C10H8ClNO5. The van der Waals surface area contributed by atoms with Gasteiger partial charge in [-0.1, -0.05) is 11.6 Å². The van der Waals surface area contributed by atoms with Crippen molar-refractivity contribution in [3.63, 3.8) is 0 Å². The van der Waals surface area contributed by atoms with Gasteiger partial charge in [0.25, 0.3) is 5.91 Å². The molecule has 1 aromatic rings. The van der Waals surface area contributed by atoms with Crippen LogP contribution in [-0.2, 0) is 4.79 Å². The summed E-state index contributed by atoms with van der Waals surface area (Å²) in [5, 5.41) is 10.9. The largest absolute Gasteiger partial charge is 0.480 e. The summed E-state index contributed by atoms with van der Waals surface area (Å²) < 4.78 is 10.2. The van der Waals surface area contributed by atoms with Gasteiger partial charge < -0.3 is 19.9 Å². The Morgan fingerprint density at radius 1 is 1.41 bits per heavy atom. The molecule has 17 heavy (non-hydrogen) atoms. The lowest BCUT2D eigenvalue weighted by Gasteiger charge is -2.05. The van der Waals surface area contributed by atoms with Gasteiger partial charge in [-0.2, -0.15) is 0 Å². The highest BCUT2D eigenvalue weighted by atomic mass is 35.5. The maximum atomic E-state index is 11.6. The van der Waals surface area contributed by atoms with Crippen molar-refractivity contribution in [2.45, 2.75) is 0 Å². The summed E-state index contributed by atoms with van der Waals surface area (Å²) in [5.74, 6) is -0.891. The second-order valence-electron chi connectivity index (χ2n) is 3.27. The molecule has 1 amide bonds. The van der Waals surface area contributed by atoms with Gasteiger partial charge in [0.1, 0.15) is 6.54 Å². The fraction of sp³-hybridized carbons (Fsp3) is 0.200. The summed E-state index contributed by atoms with van der Waals surface area (Å²) in [4.78, 5) is 21.9. The van der Waals surface area contributed by atoms with Gasteiger partial charge in [-0.15, -0.1) is 0 Å². The molecule has 0 bridgehead atoms. The van der Waals surface area contributed by atoms with Crippen LogP contribution >= 0.6 is 11.6 Å². The van der Waals surface area contributed by atoms with E-state index in [1.54, 1.807) is 0 Å². The van der Waals surface area contributed by atoms with Gasteiger partial charge in [-0.05, 0) is 12.1 Å². The average Bonchev–Trinajstić information content (AvgIpc) is 2.74. The van der Waals surface area contributed by atoms with Crippen LogP contribution in [0.2, 0.25) is 5.02 Å². The third kappa shape index (κ3) is 2.42. The molecule has 0 saturated heterocycles. The van der Waals surface area contributed by atoms with Gasteiger partial charge >= 0.3 is 5.97 Å². The number of hydrogen-bond donors (Lipinski definition) is 2. The summed E-state index contributed by atoms with van der Waals surface area (Å²) in [6.45, 7) is -0.403. The Labute approximate surface area is 101 Å². The van der Waals surface area contributed by atoms with Crippen molar-refractivity contribution >= 4 is 23.5 Å². The molecule has 0 radical (unpaired) electrons. The van der Waals surface area contributed by atoms with Crippen LogP contribution in [0.3, 0.4) is 0 Å². The number of nitrogens with one attached hydrogen (secondary N) is 1. The first kappa shape index (κ1) is 11.5. The fourth-order valence-corrected chi connectivity index (χ4v) is 1.62. The number of carbonyl (C=O) groups is 2. The van der Waals surface area contributed by atoms with Gasteiger partial charge in [-0.25, -0.2) is 0 Å². The zero-order valence-corrected chi connectivity index (χ0v) is 9.28. The molecule has 1 heterocycles. The summed E-state index contributed by atoms with van der Waals surface area (Å²) in [6.07, 6.45) is 0. The van der Waals surface area contributed by atoms with E-state index in [9.17, 15) is 9.59 Å². The number of rotatable bonds is 3. The first-order valence-electron chi connectivity index (χ1n) is 4.67. The van der Waals surface area contributed by atoms with E-state index in [-0.39, 0.29) is 17.4 Å². The van der Waals surface area contributed by atoms with Crippen LogP contribution < -0.4 is 14.8 Å². The summed E-state index contributed by atoms with van der Waals surface area (Å²) in [6, 6.07) is 2.84. The highest BCUT2D eigenvalue weighted by molar-refractivity contribution is 6.32. The molecule has 1 aliphatic heterocycles. The third-order valence-corrected chi connectivity index (χ3v) is 2.37. The second-order valence-corrected chi connectivity index (χ2v) is 3.68. The second kappa shape index (κ2) is 4.50. The minimum atomic E-state index is -1.12. The van der Waals surface area contributed by atoms with Gasteiger partial charge in [0.05, 0.1) is 5.02 Å². The Kier molecular flexibility index (Phi) is 3.06. The molecule has 2 N–H and O–H groups in total.